The Balaban J connectivity index is 1.63. The van der Waals surface area contributed by atoms with Crippen molar-refractivity contribution in [3.05, 3.63) is 71.1 Å². The van der Waals surface area contributed by atoms with Crippen LogP contribution in [-0.4, -0.2) is 50.1 Å². The molecule has 10 heteroatoms. The van der Waals surface area contributed by atoms with Crippen molar-refractivity contribution in [2.24, 2.45) is 5.73 Å². The molecule has 1 atom stereocenters. The van der Waals surface area contributed by atoms with Crippen molar-refractivity contribution in [3.63, 3.8) is 0 Å². The minimum Gasteiger partial charge on any atom is -0.327 e. The molecule has 1 saturated heterocycles. The Morgan fingerprint density at radius 3 is 2.73 bits per heavy atom. The van der Waals surface area contributed by atoms with Crippen molar-refractivity contribution in [1.29, 1.82) is 0 Å². The van der Waals surface area contributed by atoms with E-state index in [0.717, 1.165) is 39.5 Å². The Morgan fingerprint density at radius 1 is 1.27 bits per heavy atom. The first-order valence-electron chi connectivity index (χ1n) is 10.5. The van der Waals surface area contributed by atoms with Crippen LogP contribution in [0, 0.1) is 0 Å². The summed E-state index contributed by atoms with van der Waals surface area (Å²) >= 11 is 7.79. The Hall–Kier alpha value is -3.11. The number of amides is 1. The first kappa shape index (κ1) is 21.7. The molecule has 1 aliphatic heterocycles. The van der Waals surface area contributed by atoms with Gasteiger partial charge in [-0.25, -0.2) is 4.98 Å². The predicted molar refractivity (Wildman–Crippen MR) is 130 cm³/mol. The third-order valence-corrected chi connectivity index (χ3v) is 6.98. The molecular formula is C23H22ClN7OS. The Kier molecular flexibility index (Phi) is 5.94. The molecule has 1 aromatic carbocycles. The zero-order valence-corrected chi connectivity index (χ0v) is 19.4. The highest BCUT2D eigenvalue weighted by Crippen LogP contribution is 2.44. The smallest absolute Gasteiger partial charge is 0.222 e. The van der Waals surface area contributed by atoms with Gasteiger partial charge in [-0.05, 0) is 47.0 Å². The summed E-state index contributed by atoms with van der Waals surface area (Å²) in [5.41, 5.74) is 9.34. The number of halogens is 1. The summed E-state index contributed by atoms with van der Waals surface area (Å²) in [6.45, 7) is 3.07. The molecule has 33 heavy (non-hydrogen) atoms. The summed E-state index contributed by atoms with van der Waals surface area (Å²) in [6.07, 6.45) is 3.27. The lowest BCUT2D eigenvalue weighted by Gasteiger charge is -2.43. The molecule has 0 aliphatic carbocycles. The largest absolute Gasteiger partial charge is 0.327 e. The number of carbonyl (C=O) groups excluding carboxylic acids is 1. The van der Waals surface area contributed by atoms with Gasteiger partial charge < -0.3 is 16.0 Å². The topological polar surface area (TPSA) is 113 Å². The molecule has 1 fully saturated rings. The number of aromatic amines is 1. The van der Waals surface area contributed by atoms with Gasteiger partial charge in [0.2, 0.25) is 5.91 Å². The van der Waals surface area contributed by atoms with Crippen LogP contribution < -0.4 is 11.1 Å². The summed E-state index contributed by atoms with van der Waals surface area (Å²) in [4.78, 5) is 23.3. The molecule has 1 aliphatic rings. The Labute approximate surface area is 199 Å². The first-order chi connectivity index (χ1) is 16.0. The highest BCUT2D eigenvalue weighted by atomic mass is 35.5. The van der Waals surface area contributed by atoms with E-state index >= 15 is 0 Å². The number of benzene rings is 1. The highest BCUT2D eigenvalue weighted by Gasteiger charge is 2.35. The molecule has 1 amide bonds. The normalized spacial score (nSPS) is 15.2. The second kappa shape index (κ2) is 9.03. The van der Waals surface area contributed by atoms with Gasteiger partial charge in [0.1, 0.15) is 12.1 Å². The van der Waals surface area contributed by atoms with Crippen LogP contribution in [0.3, 0.4) is 0 Å². The fraction of sp³-hybridized carbons (Fsp3) is 0.217. The van der Waals surface area contributed by atoms with E-state index in [-0.39, 0.29) is 18.0 Å². The molecule has 4 N–H and O–H groups in total. The molecular weight excluding hydrogens is 458 g/mol. The van der Waals surface area contributed by atoms with E-state index in [9.17, 15) is 4.79 Å². The van der Waals surface area contributed by atoms with E-state index in [4.69, 9.17) is 17.3 Å². The number of hydrogen-bond acceptors (Lipinski definition) is 7. The number of nitrogens with two attached hydrogens (primary N) is 1. The maximum absolute atomic E-state index is 11.5. The SMILES string of the molecule is CC(=O)Nc1cc(-c2cc(C(c3ccc(Cl)cc3)N3CC(N)C3)c(-c3nnc[nH]3)s2)ccn1. The number of nitrogens with zero attached hydrogens (tertiary/aromatic N) is 4. The molecule has 1 unspecified atom stereocenters. The summed E-state index contributed by atoms with van der Waals surface area (Å²) < 4.78 is 0. The number of pyridine rings is 1. The summed E-state index contributed by atoms with van der Waals surface area (Å²) in [7, 11) is 0. The fourth-order valence-corrected chi connectivity index (χ4v) is 5.34. The minimum atomic E-state index is -0.161. The molecule has 5 rings (SSSR count). The minimum absolute atomic E-state index is 0.0104. The van der Waals surface area contributed by atoms with Crippen molar-refractivity contribution in [1.82, 2.24) is 25.1 Å². The Morgan fingerprint density at radius 2 is 2.06 bits per heavy atom. The number of aromatic nitrogens is 4. The van der Waals surface area contributed by atoms with Crippen LogP contribution in [0.1, 0.15) is 24.1 Å². The van der Waals surface area contributed by atoms with Crippen LogP contribution in [-0.2, 0) is 4.79 Å². The predicted octanol–water partition coefficient (Wildman–Crippen LogP) is 3.94. The standard InChI is InChI=1S/C23H22ClN7OS/c1-13(32)29-20-8-15(6-7-26-20)19-9-18(22(33-19)23-27-12-28-30-23)21(31-10-17(25)11-31)14-2-4-16(24)5-3-14/h2-9,12,17,21H,10-11,25H2,1H3,(H,26,29,32)(H,27,28,30). The van der Waals surface area contributed by atoms with E-state index in [1.807, 2.05) is 24.3 Å². The molecule has 0 saturated carbocycles. The molecule has 0 radical (unpaired) electrons. The van der Waals surface area contributed by atoms with Crippen LogP contribution in [0.5, 0.6) is 0 Å². The number of rotatable bonds is 6. The van der Waals surface area contributed by atoms with Crippen molar-refractivity contribution in [2.75, 3.05) is 18.4 Å². The number of H-pyrrole nitrogens is 1. The third kappa shape index (κ3) is 4.53. The average molecular weight is 480 g/mol. The van der Waals surface area contributed by atoms with Crippen molar-refractivity contribution in [2.45, 2.75) is 19.0 Å². The number of hydrogen-bond donors (Lipinski definition) is 3. The lowest BCUT2D eigenvalue weighted by atomic mass is 9.93. The lowest BCUT2D eigenvalue weighted by Crippen LogP contribution is -2.56. The first-order valence-corrected chi connectivity index (χ1v) is 11.7. The van der Waals surface area contributed by atoms with Gasteiger partial charge >= 0.3 is 0 Å². The molecule has 168 valence electrons. The second-order valence-corrected chi connectivity index (χ2v) is 9.50. The fourth-order valence-electron chi connectivity index (χ4n) is 4.08. The highest BCUT2D eigenvalue weighted by molar-refractivity contribution is 7.19. The number of nitrogens with one attached hydrogen (secondary N) is 2. The molecule has 8 nitrogen and oxygen atoms in total. The van der Waals surface area contributed by atoms with Crippen LogP contribution in [0.15, 0.2) is 55.0 Å². The zero-order chi connectivity index (χ0) is 22.9. The molecule has 0 bridgehead atoms. The summed E-state index contributed by atoms with van der Waals surface area (Å²) in [5.74, 6) is 1.06. The van der Waals surface area contributed by atoms with Crippen molar-refractivity contribution >= 4 is 34.7 Å². The van der Waals surface area contributed by atoms with Crippen molar-refractivity contribution in [3.8, 4) is 21.1 Å². The van der Waals surface area contributed by atoms with Crippen LogP contribution in [0.2, 0.25) is 5.02 Å². The van der Waals surface area contributed by atoms with E-state index in [2.05, 4.69) is 48.6 Å². The summed E-state index contributed by atoms with van der Waals surface area (Å²) in [6, 6.07) is 14.1. The van der Waals surface area contributed by atoms with Crippen LogP contribution in [0.25, 0.3) is 21.1 Å². The number of thiophene rings is 1. The van der Waals surface area contributed by atoms with Gasteiger partial charge in [0, 0.05) is 42.2 Å². The monoisotopic (exact) mass is 479 g/mol. The maximum atomic E-state index is 11.5. The van der Waals surface area contributed by atoms with Gasteiger partial charge in [-0.2, -0.15) is 0 Å². The van der Waals surface area contributed by atoms with Gasteiger partial charge in [-0.15, -0.1) is 21.5 Å². The number of carbonyl (C=O) groups is 1. The molecule has 0 spiro atoms. The third-order valence-electron chi connectivity index (χ3n) is 5.52. The molecule has 4 heterocycles. The van der Waals surface area contributed by atoms with Gasteiger partial charge in [0.25, 0.3) is 0 Å². The quantitative estimate of drug-likeness (QED) is 0.386. The molecule has 4 aromatic rings. The van der Waals surface area contributed by atoms with Gasteiger partial charge in [-0.3, -0.25) is 9.69 Å². The van der Waals surface area contributed by atoms with Gasteiger partial charge in [0.15, 0.2) is 5.82 Å². The van der Waals surface area contributed by atoms with Gasteiger partial charge in [0.05, 0.1) is 10.9 Å². The van der Waals surface area contributed by atoms with E-state index in [0.29, 0.717) is 16.7 Å². The maximum Gasteiger partial charge on any atom is 0.222 e. The average Bonchev–Trinajstić information content (AvgIpc) is 3.44. The lowest BCUT2D eigenvalue weighted by molar-refractivity contribution is -0.114. The number of anilines is 1. The molecule has 3 aromatic heterocycles. The second-order valence-electron chi connectivity index (χ2n) is 8.01. The van der Waals surface area contributed by atoms with Crippen LogP contribution in [0.4, 0.5) is 5.82 Å². The zero-order valence-electron chi connectivity index (χ0n) is 17.8. The van der Waals surface area contributed by atoms with E-state index < -0.39 is 0 Å². The van der Waals surface area contributed by atoms with Gasteiger partial charge in [-0.1, -0.05) is 23.7 Å². The van der Waals surface area contributed by atoms with Crippen molar-refractivity contribution < 1.29 is 4.79 Å². The Bertz CT molecular complexity index is 1270. The summed E-state index contributed by atoms with van der Waals surface area (Å²) in [5, 5.41) is 11.7. The number of likely N-dealkylation sites (tertiary alicyclic amines) is 1. The van der Waals surface area contributed by atoms with Crippen LogP contribution >= 0.6 is 22.9 Å². The van der Waals surface area contributed by atoms with E-state index in [1.54, 1.807) is 23.9 Å². The van der Waals surface area contributed by atoms with E-state index in [1.165, 1.54) is 6.92 Å².